The molecular formula is C19H18FN3. The van der Waals surface area contributed by atoms with E-state index in [1.807, 2.05) is 18.2 Å². The second kappa shape index (κ2) is 6.64. The van der Waals surface area contributed by atoms with Gasteiger partial charge in [-0.05, 0) is 61.7 Å². The SMILES string of the molecule is N#Cc1ccc2[nH]c(-c3ccccc3F)c(CCCCN)c2c1. The fourth-order valence-corrected chi connectivity index (χ4v) is 2.92. The van der Waals surface area contributed by atoms with Crippen molar-refractivity contribution < 1.29 is 4.39 Å². The predicted octanol–water partition coefficient (Wildman–Crippen LogP) is 4.13. The molecule has 0 aliphatic carbocycles. The van der Waals surface area contributed by atoms with Crippen molar-refractivity contribution in [2.24, 2.45) is 5.73 Å². The maximum absolute atomic E-state index is 14.2. The van der Waals surface area contributed by atoms with Crippen molar-refractivity contribution >= 4 is 10.9 Å². The van der Waals surface area contributed by atoms with E-state index in [9.17, 15) is 4.39 Å². The Morgan fingerprint density at radius 3 is 2.70 bits per heavy atom. The molecule has 0 saturated carbocycles. The highest BCUT2D eigenvalue weighted by molar-refractivity contribution is 5.91. The number of benzene rings is 2. The molecule has 0 radical (unpaired) electrons. The lowest BCUT2D eigenvalue weighted by Gasteiger charge is -2.06. The first kappa shape index (κ1) is 15.3. The number of aryl methyl sites for hydroxylation is 1. The van der Waals surface area contributed by atoms with Crippen LogP contribution in [0, 0.1) is 17.1 Å². The number of nitrogens with zero attached hydrogens (tertiary/aromatic N) is 1. The number of hydrogen-bond donors (Lipinski definition) is 2. The smallest absolute Gasteiger partial charge is 0.132 e. The quantitative estimate of drug-likeness (QED) is 0.696. The van der Waals surface area contributed by atoms with Gasteiger partial charge in [0, 0.05) is 16.5 Å². The molecule has 23 heavy (non-hydrogen) atoms. The molecule has 0 atom stereocenters. The Morgan fingerprint density at radius 2 is 1.96 bits per heavy atom. The Bertz CT molecular complexity index is 874. The summed E-state index contributed by atoms with van der Waals surface area (Å²) >= 11 is 0. The van der Waals surface area contributed by atoms with E-state index >= 15 is 0 Å². The third-order valence-electron chi connectivity index (χ3n) is 4.06. The Balaban J connectivity index is 2.18. The number of nitrogens with one attached hydrogen (secondary N) is 1. The highest BCUT2D eigenvalue weighted by Gasteiger charge is 2.16. The second-order valence-corrected chi connectivity index (χ2v) is 5.58. The molecule has 0 bridgehead atoms. The Morgan fingerprint density at radius 1 is 1.13 bits per heavy atom. The van der Waals surface area contributed by atoms with Crippen LogP contribution in [0.4, 0.5) is 4.39 Å². The first-order valence-electron chi connectivity index (χ1n) is 7.74. The topological polar surface area (TPSA) is 65.6 Å². The molecule has 3 aromatic rings. The zero-order valence-corrected chi connectivity index (χ0v) is 12.8. The molecule has 0 aliphatic rings. The zero-order valence-electron chi connectivity index (χ0n) is 12.8. The molecule has 2 aromatic carbocycles. The molecule has 0 saturated heterocycles. The van der Waals surface area contributed by atoms with Gasteiger partial charge in [-0.25, -0.2) is 4.39 Å². The number of aromatic nitrogens is 1. The van der Waals surface area contributed by atoms with Crippen LogP contribution in [0.3, 0.4) is 0 Å². The van der Waals surface area contributed by atoms with E-state index in [-0.39, 0.29) is 5.82 Å². The fraction of sp³-hybridized carbons (Fsp3) is 0.211. The summed E-state index contributed by atoms with van der Waals surface area (Å²) < 4.78 is 14.2. The van der Waals surface area contributed by atoms with Crippen molar-refractivity contribution in [1.82, 2.24) is 4.98 Å². The third kappa shape index (κ3) is 2.96. The summed E-state index contributed by atoms with van der Waals surface area (Å²) in [7, 11) is 0. The predicted molar refractivity (Wildman–Crippen MR) is 90.4 cm³/mol. The Kier molecular flexibility index (Phi) is 4.40. The molecule has 0 fully saturated rings. The molecule has 4 heteroatoms. The second-order valence-electron chi connectivity index (χ2n) is 5.58. The van der Waals surface area contributed by atoms with Crippen LogP contribution < -0.4 is 5.73 Å². The van der Waals surface area contributed by atoms with Gasteiger partial charge in [0.25, 0.3) is 0 Å². The molecule has 0 spiro atoms. The fourth-order valence-electron chi connectivity index (χ4n) is 2.92. The summed E-state index contributed by atoms with van der Waals surface area (Å²) in [5, 5.41) is 10.1. The number of nitriles is 1. The van der Waals surface area contributed by atoms with Crippen molar-refractivity contribution in [2.45, 2.75) is 19.3 Å². The van der Waals surface area contributed by atoms with Gasteiger partial charge in [0.2, 0.25) is 0 Å². The summed E-state index contributed by atoms with van der Waals surface area (Å²) in [5.74, 6) is -0.250. The molecule has 1 aromatic heterocycles. The molecule has 3 N–H and O–H groups in total. The number of aromatic amines is 1. The molecule has 3 nitrogen and oxygen atoms in total. The van der Waals surface area contributed by atoms with Crippen LogP contribution in [0.5, 0.6) is 0 Å². The van der Waals surface area contributed by atoms with Gasteiger partial charge in [-0.1, -0.05) is 12.1 Å². The largest absolute Gasteiger partial charge is 0.354 e. The molecule has 0 unspecified atom stereocenters. The molecule has 3 rings (SSSR count). The summed E-state index contributed by atoms with van der Waals surface area (Å²) in [5.41, 5.74) is 9.53. The van der Waals surface area contributed by atoms with Crippen LogP contribution in [-0.4, -0.2) is 11.5 Å². The van der Waals surface area contributed by atoms with Crippen LogP contribution in [0.1, 0.15) is 24.0 Å². The summed E-state index contributed by atoms with van der Waals surface area (Å²) in [6.45, 7) is 0.640. The highest BCUT2D eigenvalue weighted by Crippen LogP contribution is 2.33. The van der Waals surface area contributed by atoms with Gasteiger partial charge in [0.05, 0.1) is 17.3 Å². The molecule has 116 valence electrons. The Hall–Kier alpha value is -2.64. The molecule has 0 amide bonds. The standard InChI is InChI=1S/C19H18FN3/c20-17-7-2-1-6-15(17)19-14(5-3-4-10-21)16-11-13(12-22)8-9-18(16)23-19/h1-2,6-9,11,23H,3-5,10,21H2. The monoisotopic (exact) mass is 307 g/mol. The molecule has 0 aliphatic heterocycles. The van der Waals surface area contributed by atoms with Gasteiger partial charge in [0.15, 0.2) is 0 Å². The van der Waals surface area contributed by atoms with Crippen LogP contribution in [0.25, 0.3) is 22.2 Å². The Labute approximate surface area is 134 Å². The van der Waals surface area contributed by atoms with Gasteiger partial charge >= 0.3 is 0 Å². The number of H-pyrrole nitrogens is 1. The van der Waals surface area contributed by atoms with Gasteiger partial charge in [0.1, 0.15) is 5.82 Å². The van der Waals surface area contributed by atoms with E-state index in [4.69, 9.17) is 11.0 Å². The number of unbranched alkanes of at least 4 members (excludes halogenated alkanes) is 1. The van der Waals surface area contributed by atoms with Crippen molar-refractivity contribution in [3.63, 3.8) is 0 Å². The molecule has 1 heterocycles. The number of hydrogen-bond acceptors (Lipinski definition) is 2. The van der Waals surface area contributed by atoms with Crippen LogP contribution in [0.2, 0.25) is 0 Å². The number of nitrogens with two attached hydrogens (primary N) is 1. The van der Waals surface area contributed by atoms with Crippen molar-refractivity contribution in [2.75, 3.05) is 6.54 Å². The van der Waals surface area contributed by atoms with Crippen LogP contribution in [0.15, 0.2) is 42.5 Å². The lowest BCUT2D eigenvalue weighted by Crippen LogP contribution is -1.99. The highest BCUT2D eigenvalue weighted by atomic mass is 19.1. The van der Waals surface area contributed by atoms with Gasteiger partial charge in [-0.3, -0.25) is 0 Å². The van der Waals surface area contributed by atoms with Crippen molar-refractivity contribution in [3.05, 3.63) is 59.4 Å². The first-order valence-corrected chi connectivity index (χ1v) is 7.74. The van der Waals surface area contributed by atoms with Crippen molar-refractivity contribution in [3.8, 4) is 17.3 Å². The van der Waals surface area contributed by atoms with E-state index < -0.39 is 0 Å². The average Bonchev–Trinajstić information content (AvgIpc) is 2.93. The number of rotatable bonds is 5. The minimum atomic E-state index is -0.250. The average molecular weight is 307 g/mol. The lowest BCUT2D eigenvalue weighted by molar-refractivity contribution is 0.630. The normalized spacial score (nSPS) is 10.8. The summed E-state index contributed by atoms with van der Waals surface area (Å²) in [6, 6.07) is 14.4. The van der Waals surface area contributed by atoms with E-state index in [1.54, 1.807) is 18.2 Å². The van der Waals surface area contributed by atoms with E-state index in [2.05, 4.69) is 11.1 Å². The summed E-state index contributed by atoms with van der Waals surface area (Å²) in [4.78, 5) is 3.32. The first-order chi connectivity index (χ1) is 11.2. The maximum atomic E-state index is 14.2. The third-order valence-corrected chi connectivity index (χ3v) is 4.06. The minimum absolute atomic E-state index is 0.250. The van der Waals surface area contributed by atoms with Crippen LogP contribution in [-0.2, 0) is 6.42 Å². The van der Waals surface area contributed by atoms with E-state index in [0.717, 1.165) is 41.4 Å². The van der Waals surface area contributed by atoms with E-state index in [1.165, 1.54) is 6.07 Å². The number of fused-ring (bicyclic) bond motifs is 1. The van der Waals surface area contributed by atoms with Crippen molar-refractivity contribution in [1.29, 1.82) is 5.26 Å². The van der Waals surface area contributed by atoms with Gasteiger partial charge in [-0.2, -0.15) is 5.26 Å². The minimum Gasteiger partial charge on any atom is -0.354 e. The van der Waals surface area contributed by atoms with E-state index in [0.29, 0.717) is 17.7 Å². The zero-order chi connectivity index (χ0) is 16.2. The maximum Gasteiger partial charge on any atom is 0.132 e. The van der Waals surface area contributed by atoms with Crippen LogP contribution >= 0.6 is 0 Å². The van der Waals surface area contributed by atoms with Gasteiger partial charge in [-0.15, -0.1) is 0 Å². The lowest BCUT2D eigenvalue weighted by atomic mass is 9.99. The summed E-state index contributed by atoms with van der Waals surface area (Å²) in [6.07, 6.45) is 2.65. The van der Waals surface area contributed by atoms with Gasteiger partial charge < -0.3 is 10.7 Å². The number of halogens is 1. The molecular weight excluding hydrogens is 289 g/mol.